The molecule has 7 nitrogen and oxygen atoms in total. The lowest BCUT2D eigenvalue weighted by molar-refractivity contribution is -0.384. The number of carbonyl (C=O) groups excluding carboxylic acids is 1. The molecule has 1 N–H and O–H groups in total. The number of nitro benzene ring substituents is 1. The van der Waals surface area contributed by atoms with E-state index in [4.69, 9.17) is 4.74 Å². The molecule has 1 amide bonds. The van der Waals surface area contributed by atoms with Crippen LogP contribution in [-0.4, -0.2) is 23.7 Å². The number of nitrogens with zero attached hydrogens (tertiary/aromatic N) is 2. The number of nitro groups is 1. The summed E-state index contributed by atoms with van der Waals surface area (Å²) in [6, 6.07) is 8.16. The molecule has 2 rings (SSSR count). The van der Waals surface area contributed by atoms with Crippen LogP contribution in [0.5, 0.6) is 5.75 Å². The van der Waals surface area contributed by atoms with Gasteiger partial charge in [0.25, 0.3) is 11.6 Å². The number of rotatable bonds is 6. The summed E-state index contributed by atoms with van der Waals surface area (Å²) in [6.07, 6.45) is 1.32. The highest BCUT2D eigenvalue weighted by Crippen LogP contribution is 2.17. The van der Waals surface area contributed by atoms with Crippen molar-refractivity contribution in [2.24, 2.45) is 5.10 Å². The van der Waals surface area contributed by atoms with E-state index in [1.165, 1.54) is 42.6 Å². The third kappa shape index (κ3) is 4.63. The second-order valence-corrected chi connectivity index (χ2v) is 5.04. The minimum Gasteiger partial charge on any atom is -0.484 e. The van der Waals surface area contributed by atoms with Crippen LogP contribution in [0.1, 0.15) is 4.88 Å². The Labute approximate surface area is 128 Å². The maximum absolute atomic E-state index is 12.7. The summed E-state index contributed by atoms with van der Waals surface area (Å²) < 4.78 is 17.9. The van der Waals surface area contributed by atoms with E-state index in [1.807, 2.05) is 0 Å². The average molecular weight is 323 g/mol. The van der Waals surface area contributed by atoms with Crippen molar-refractivity contribution >= 4 is 29.1 Å². The second-order valence-electron chi connectivity index (χ2n) is 3.97. The standard InChI is InChI=1S/C13H10FN3O4S/c14-12-6-5-11(22-12)7-15-16-13(18)8-21-10-3-1-9(2-4-10)17(19)20/h1-7H,8H2,(H,16,18)/b15-7-. The summed E-state index contributed by atoms with van der Waals surface area (Å²) in [6.45, 7) is -0.298. The van der Waals surface area contributed by atoms with Gasteiger partial charge in [0.05, 0.1) is 16.0 Å². The molecular formula is C13H10FN3O4S. The molecule has 114 valence electrons. The Hall–Kier alpha value is -2.81. The first-order valence-corrected chi connectivity index (χ1v) is 6.81. The summed E-state index contributed by atoms with van der Waals surface area (Å²) in [5.74, 6) is -0.184. The summed E-state index contributed by atoms with van der Waals surface area (Å²) in [5, 5.41) is 13.8. The fraction of sp³-hybridized carbons (Fsp3) is 0.0769. The molecule has 0 aliphatic heterocycles. The normalized spacial score (nSPS) is 10.6. The largest absolute Gasteiger partial charge is 0.484 e. The van der Waals surface area contributed by atoms with Crippen LogP contribution >= 0.6 is 11.3 Å². The molecule has 0 atom stereocenters. The maximum atomic E-state index is 12.7. The minimum atomic E-state index is -0.529. The van der Waals surface area contributed by atoms with Crippen molar-refractivity contribution < 1.29 is 18.8 Å². The smallest absolute Gasteiger partial charge is 0.277 e. The van der Waals surface area contributed by atoms with Gasteiger partial charge in [0.1, 0.15) is 5.75 Å². The minimum absolute atomic E-state index is 0.0652. The fourth-order valence-electron chi connectivity index (χ4n) is 1.41. The molecule has 0 fully saturated rings. The van der Waals surface area contributed by atoms with Crippen molar-refractivity contribution in [3.8, 4) is 5.75 Å². The van der Waals surface area contributed by atoms with Crippen LogP contribution < -0.4 is 10.2 Å². The van der Waals surface area contributed by atoms with E-state index in [9.17, 15) is 19.3 Å². The molecule has 0 spiro atoms. The van der Waals surface area contributed by atoms with Crippen molar-refractivity contribution in [2.45, 2.75) is 0 Å². The summed E-state index contributed by atoms with van der Waals surface area (Å²) in [7, 11) is 0. The number of non-ortho nitro benzene ring substituents is 1. The van der Waals surface area contributed by atoms with Gasteiger partial charge in [-0.2, -0.15) is 9.49 Å². The van der Waals surface area contributed by atoms with E-state index < -0.39 is 10.8 Å². The predicted molar refractivity (Wildman–Crippen MR) is 78.6 cm³/mol. The van der Waals surface area contributed by atoms with Crippen LogP contribution in [0, 0.1) is 15.2 Å². The number of hydrazone groups is 1. The third-order valence-electron chi connectivity index (χ3n) is 2.39. The third-order valence-corrected chi connectivity index (χ3v) is 3.20. The van der Waals surface area contributed by atoms with Gasteiger partial charge in [0.15, 0.2) is 11.7 Å². The number of nitrogens with one attached hydrogen (secondary N) is 1. The Bertz CT molecular complexity index is 700. The lowest BCUT2D eigenvalue weighted by atomic mass is 10.3. The van der Waals surface area contributed by atoms with E-state index in [-0.39, 0.29) is 17.4 Å². The zero-order valence-electron chi connectivity index (χ0n) is 11.1. The molecule has 9 heteroatoms. The van der Waals surface area contributed by atoms with Gasteiger partial charge in [0, 0.05) is 12.1 Å². The van der Waals surface area contributed by atoms with Gasteiger partial charge >= 0.3 is 0 Å². The quantitative estimate of drug-likeness (QED) is 0.501. The van der Waals surface area contributed by atoms with Gasteiger partial charge in [0.2, 0.25) is 0 Å². The van der Waals surface area contributed by atoms with Crippen LogP contribution in [0.2, 0.25) is 0 Å². The highest BCUT2D eigenvalue weighted by Gasteiger charge is 2.06. The number of benzene rings is 1. The van der Waals surface area contributed by atoms with Crippen molar-refractivity contribution in [2.75, 3.05) is 6.61 Å². The van der Waals surface area contributed by atoms with E-state index in [1.54, 1.807) is 0 Å². The van der Waals surface area contributed by atoms with Gasteiger partial charge in [-0.1, -0.05) is 0 Å². The predicted octanol–water partition coefficient (Wildman–Crippen LogP) is 2.32. The molecule has 0 radical (unpaired) electrons. The summed E-state index contributed by atoms with van der Waals surface area (Å²) in [5.41, 5.74) is 2.16. The van der Waals surface area contributed by atoms with Gasteiger partial charge in [-0.05, 0) is 24.3 Å². The van der Waals surface area contributed by atoms with Crippen LogP contribution in [0.3, 0.4) is 0 Å². The van der Waals surface area contributed by atoms with Gasteiger partial charge in [-0.15, -0.1) is 11.3 Å². The zero-order chi connectivity index (χ0) is 15.9. The molecular weight excluding hydrogens is 313 g/mol. The van der Waals surface area contributed by atoms with Crippen LogP contribution in [-0.2, 0) is 4.79 Å². The number of amides is 1. The summed E-state index contributed by atoms with van der Waals surface area (Å²) in [4.78, 5) is 22.0. The molecule has 2 aromatic rings. The average Bonchev–Trinajstić information content (AvgIpc) is 2.91. The molecule has 0 saturated heterocycles. The fourth-order valence-corrected chi connectivity index (χ4v) is 2.01. The molecule has 1 heterocycles. The first kappa shape index (κ1) is 15.6. The van der Waals surface area contributed by atoms with Crippen molar-refractivity contribution in [1.29, 1.82) is 0 Å². The Balaban J connectivity index is 1.77. The maximum Gasteiger partial charge on any atom is 0.277 e. The van der Waals surface area contributed by atoms with Crippen molar-refractivity contribution in [1.82, 2.24) is 5.43 Å². The van der Waals surface area contributed by atoms with Crippen molar-refractivity contribution in [3.05, 3.63) is 56.5 Å². The van der Waals surface area contributed by atoms with Gasteiger partial charge in [-0.25, -0.2) is 5.43 Å². The van der Waals surface area contributed by atoms with Gasteiger partial charge in [-0.3, -0.25) is 14.9 Å². The molecule has 0 saturated carbocycles. The van der Waals surface area contributed by atoms with Crippen LogP contribution in [0.15, 0.2) is 41.5 Å². The number of hydrogen-bond acceptors (Lipinski definition) is 6. The van der Waals surface area contributed by atoms with E-state index in [0.717, 1.165) is 11.3 Å². The lowest BCUT2D eigenvalue weighted by Gasteiger charge is -2.04. The first-order chi connectivity index (χ1) is 10.5. The van der Waals surface area contributed by atoms with Crippen LogP contribution in [0.25, 0.3) is 0 Å². The van der Waals surface area contributed by atoms with E-state index in [2.05, 4.69) is 10.5 Å². The second kappa shape index (κ2) is 7.27. The molecule has 0 bridgehead atoms. The summed E-state index contributed by atoms with van der Waals surface area (Å²) >= 11 is 0.900. The number of ether oxygens (including phenoxy) is 1. The Morgan fingerprint density at radius 1 is 1.36 bits per heavy atom. The molecule has 1 aromatic carbocycles. The Kier molecular flexibility index (Phi) is 5.15. The Morgan fingerprint density at radius 3 is 2.68 bits per heavy atom. The Morgan fingerprint density at radius 2 is 2.09 bits per heavy atom. The molecule has 0 aliphatic carbocycles. The van der Waals surface area contributed by atoms with Crippen molar-refractivity contribution in [3.63, 3.8) is 0 Å². The SMILES string of the molecule is O=C(COc1ccc([N+](=O)[O-])cc1)N/N=C\c1ccc(F)s1. The monoisotopic (exact) mass is 323 g/mol. The van der Waals surface area contributed by atoms with E-state index >= 15 is 0 Å². The zero-order valence-corrected chi connectivity index (χ0v) is 11.9. The highest BCUT2D eigenvalue weighted by atomic mass is 32.1. The van der Waals surface area contributed by atoms with Gasteiger partial charge < -0.3 is 4.74 Å². The van der Waals surface area contributed by atoms with Crippen LogP contribution in [0.4, 0.5) is 10.1 Å². The number of thiophene rings is 1. The molecule has 1 aromatic heterocycles. The molecule has 0 aliphatic rings. The lowest BCUT2D eigenvalue weighted by Crippen LogP contribution is -2.24. The number of carbonyl (C=O) groups is 1. The van der Waals surface area contributed by atoms with E-state index in [0.29, 0.717) is 10.6 Å². The molecule has 22 heavy (non-hydrogen) atoms. The first-order valence-electron chi connectivity index (χ1n) is 5.99. The number of hydrogen-bond donors (Lipinski definition) is 1. The number of halogens is 1. The topological polar surface area (TPSA) is 93.8 Å². The highest BCUT2D eigenvalue weighted by molar-refractivity contribution is 7.12. The molecule has 0 unspecified atom stereocenters.